The van der Waals surface area contributed by atoms with E-state index in [1.165, 1.54) is 25.9 Å². The van der Waals surface area contributed by atoms with Gasteiger partial charge in [-0.2, -0.15) is 0 Å². The van der Waals surface area contributed by atoms with Crippen molar-refractivity contribution >= 4 is 11.6 Å². The molecule has 2 heterocycles. The number of aliphatic hydroxyl groups is 1. The van der Waals surface area contributed by atoms with Crippen LogP contribution in [0.2, 0.25) is 0 Å². The number of nitrogens with two attached hydrogens (primary N) is 1. The Bertz CT molecular complexity index is 556. The zero-order chi connectivity index (χ0) is 18.5. The smallest absolute Gasteiger partial charge is 0.270 e. The van der Waals surface area contributed by atoms with Crippen molar-refractivity contribution < 1.29 is 9.90 Å². The summed E-state index contributed by atoms with van der Waals surface area (Å²) >= 11 is 0. The van der Waals surface area contributed by atoms with Gasteiger partial charge in [0, 0.05) is 30.9 Å². The molecule has 6 heteroatoms. The van der Waals surface area contributed by atoms with Crippen molar-refractivity contribution in [2.45, 2.75) is 57.5 Å². The third-order valence-electron chi connectivity index (χ3n) is 6.17. The molecule has 6 nitrogen and oxygen atoms in total. The van der Waals surface area contributed by atoms with E-state index < -0.39 is 0 Å². The third kappa shape index (κ3) is 4.86. The SMILES string of the molecule is CN1CCC(CCN=C2CCC/C2=C(/N)C(=O)N2CCC(O)CC2)CC1. The first-order valence-corrected chi connectivity index (χ1v) is 10.2. The Morgan fingerprint density at radius 2 is 1.85 bits per heavy atom. The van der Waals surface area contributed by atoms with Gasteiger partial charge < -0.3 is 20.6 Å². The molecule has 3 aliphatic rings. The Balaban J connectivity index is 1.57. The first-order chi connectivity index (χ1) is 12.5. The van der Waals surface area contributed by atoms with E-state index >= 15 is 0 Å². The zero-order valence-electron chi connectivity index (χ0n) is 16.1. The van der Waals surface area contributed by atoms with Crippen molar-refractivity contribution in [3.63, 3.8) is 0 Å². The van der Waals surface area contributed by atoms with E-state index in [0.29, 0.717) is 31.6 Å². The number of nitrogens with zero attached hydrogens (tertiary/aromatic N) is 3. The molecule has 1 saturated carbocycles. The summed E-state index contributed by atoms with van der Waals surface area (Å²) in [6.07, 6.45) is 7.53. The molecule has 2 aliphatic heterocycles. The van der Waals surface area contributed by atoms with Crippen LogP contribution in [-0.4, -0.2) is 72.4 Å². The Labute approximate surface area is 157 Å². The third-order valence-corrected chi connectivity index (χ3v) is 6.17. The number of carbonyl (C=O) groups is 1. The van der Waals surface area contributed by atoms with Gasteiger partial charge in [0.1, 0.15) is 5.70 Å². The molecule has 3 fully saturated rings. The number of aliphatic imine (C=N–C) groups is 1. The van der Waals surface area contributed by atoms with Crippen LogP contribution in [0.4, 0.5) is 0 Å². The summed E-state index contributed by atoms with van der Waals surface area (Å²) < 4.78 is 0. The monoisotopic (exact) mass is 362 g/mol. The van der Waals surface area contributed by atoms with Crippen molar-refractivity contribution in [2.24, 2.45) is 16.6 Å². The lowest BCUT2D eigenvalue weighted by atomic mass is 9.94. The maximum absolute atomic E-state index is 12.7. The normalized spacial score (nSPS) is 27.3. The van der Waals surface area contributed by atoms with Gasteiger partial charge in [-0.25, -0.2) is 0 Å². The molecule has 2 saturated heterocycles. The minimum atomic E-state index is -0.281. The molecule has 3 N–H and O–H groups in total. The molecule has 146 valence electrons. The highest BCUT2D eigenvalue weighted by Gasteiger charge is 2.27. The molecule has 0 aromatic rings. The van der Waals surface area contributed by atoms with Crippen molar-refractivity contribution in [1.82, 2.24) is 9.80 Å². The van der Waals surface area contributed by atoms with Gasteiger partial charge in [-0.15, -0.1) is 0 Å². The van der Waals surface area contributed by atoms with Crippen molar-refractivity contribution in [3.8, 4) is 0 Å². The molecule has 3 rings (SSSR count). The average molecular weight is 363 g/mol. The molecule has 0 aromatic heterocycles. The molecule has 0 spiro atoms. The van der Waals surface area contributed by atoms with Crippen LogP contribution in [0.3, 0.4) is 0 Å². The van der Waals surface area contributed by atoms with E-state index in [0.717, 1.165) is 49.4 Å². The van der Waals surface area contributed by atoms with E-state index in [-0.39, 0.29) is 12.0 Å². The summed E-state index contributed by atoms with van der Waals surface area (Å²) in [5, 5.41) is 9.62. The molecule has 0 radical (unpaired) electrons. The number of allylic oxidation sites excluding steroid dienone is 1. The number of rotatable bonds is 4. The fourth-order valence-corrected chi connectivity index (χ4v) is 4.29. The van der Waals surface area contributed by atoms with Gasteiger partial charge >= 0.3 is 0 Å². The highest BCUT2D eigenvalue weighted by atomic mass is 16.3. The number of hydrogen-bond donors (Lipinski definition) is 2. The fourth-order valence-electron chi connectivity index (χ4n) is 4.29. The fraction of sp³-hybridized carbons (Fsp3) is 0.800. The van der Waals surface area contributed by atoms with E-state index in [1.54, 1.807) is 4.90 Å². The lowest BCUT2D eigenvalue weighted by Crippen LogP contribution is -2.42. The van der Waals surface area contributed by atoms with Crippen LogP contribution in [0.25, 0.3) is 0 Å². The lowest BCUT2D eigenvalue weighted by Gasteiger charge is -2.30. The van der Waals surface area contributed by atoms with Gasteiger partial charge in [0.05, 0.1) is 6.10 Å². The molecule has 0 atom stereocenters. The summed E-state index contributed by atoms with van der Waals surface area (Å²) in [5.41, 5.74) is 8.67. The second-order valence-corrected chi connectivity index (χ2v) is 8.13. The van der Waals surface area contributed by atoms with Crippen LogP contribution < -0.4 is 5.73 Å². The molecule has 0 aromatic carbocycles. The van der Waals surface area contributed by atoms with Gasteiger partial charge in [-0.05, 0) is 77.4 Å². The predicted octanol–water partition coefficient (Wildman–Crippen LogP) is 1.54. The second-order valence-electron chi connectivity index (χ2n) is 8.13. The van der Waals surface area contributed by atoms with Crippen molar-refractivity contribution in [2.75, 3.05) is 39.8 Å². The maximum Gasteiger partial charge on any atom is 0.270 e. The molecule has 1 amide bonds. The number of likely N-dealkylation sites (tertiary alicyclic amines) is 2. The first-order valence-electron chi connectivity index (χ1n) is 10.2. The van der Waals surface area contributed by atoms with Gasteiger partial charge in [0.15, 0.2) is 0 Å². The van der Waals surface area contributed by atoms with Crippen LogP contribution in [-0.2, 0) is 4.79 Å². The Morgan fingerprint density at radius 3 is 2.54 bits per heavy atom. The Morgan fingerprint density at radius 1 is 1.15 bits per heavy atom. The number of hydrogen-bond acceptors (Lipinski definition) is 5. The topological polar surface area (TPSA) is 82.2 Å². The van der Waals surface area contributed by atoms with Crippen LogP contribution in [0.15, 0.2) is 16.3 Å². The number of piperidine rings is 2. The summed E-state index contributed by atoms with van der Waals surface area (Å²) in [6.45, 7) is 4.43. The summed E-state index contributed by atoms with van der Waals surface area (Å²) in [6, 6.07) is 0. The van der Waals surface area contributed by atoms with Gasteiger partial charge in [0.2, 0.25) is 0 Å². The average Bonchev–Trinajstić information content (AvgIpc) is 3.11. The van der Waals surface area contributed by atoms with Crippen molar-refractivity contribution in [3.05, 3.63) is 11.3 Å². The van der Waals surface area contributed by atoms with Crippen LogP contribution in [0.1, 0.15) is 51.4 Å². The maximum atomic E-state index is 12.7. The molecule has 1 aliphatic carbocycles. The minimum Gasteiger partial charge on any atom is -0.394 e. The van der Waals surface area contributed by atoms with Gasteiger partial charge in [0.25, 0.3) is 5.91 Å². The standard InChI is InChI=1S/C20H34N4O2/c1-23-11-6-15(7-12-23)5-10-22-18-4-2-3-17(18)19(21)20(26)24-13-8-16(25)9-14-24/h15-16,25H,2-14,21H2,1H3/b19-17-,22-18?. The second kappa shape index (κ2) is 9.00. The van der Waals surface area contributed by atoms with Gasteiger partial charge in [-0.3, -0.25) is 9.79 Å². The first kappa shape index (κ1) is 19.4. The van der Waals surface area contributed by atoms with Crippen LogP contribution in [0.5, 0.6) is 0 Å². The molecule has 26 heavy (non-hydrogen) atoms. The minimum absolute atomic E-state index is 0.0724. The van der Waals surface area contributed by atoms with E-state index in [9.17, 15) is 9.90 Å². The van der Waals surface area contributed by atoms with E-state index in [4.69, 9.17) is 10.7 Å². The van der Waals surface area contributed by atoms with E-state index in [2.05, 4.69) is 11.9 Å². The quantitative estimate of drug-likeness (QED) is 0.743. The highest BCUT2D eigenvalue weighted by Crippen LogP contribution is 2.26. The number of aliphatic hydroxyl groups excluding tert-OH is 1. The molecular weight excluding hydrogens is 328 g/mol. The predicted molar refractivity (Wildman–Crippen MR) is 104 cm³/mol. The summed E-state index contributed by atoms with van der Waals surface area (Å²) in [4.78, 5) is 21.7. The zero-order valence-corrected chi connectivity index (χ0v) is 16.1. The Hall–Kier alpha value is -1.40. The number of carbonyl (C=O) groups excluding carboxylic acids is 1. The van der Waals surface area contributed by atoms with E-state index in [1.807, 2.05) is 0 Å². The molecule has 0 bridgehead atoms. The summed E-state index contributed by atoms with van der Waals surface area (Å²) in [5.74, 6) is 0.708. The Kier molecular flexibility index (Phi) is 6.70. The number of amides is 1. The largest absolute Gasteiger partial charge is 0.394 e. The molecule has 0 unspecified atom stereocenters. The van der Waals surface area contributed by atoms with Crippen LogP contribution >= 0.6 is 0 Å². The summed E-state index contributed by atoms with van der Waals surface area (Å²) in [7, 11) is 2.19. The highest BCUT2D eigenvalue weighted by molar-refractivity contribution is 6.09. The lowest BCUT2D eigenvalue weighted by molar-refractivity contribution is -0.129. The molecular formula is C20H34N4O2. The van der Waals surface area contributed by atoms with Gasteiger partial charge in [-0.1, -0.05) is 0 Å². The van der Waals surface area contributed by atoms with Crippen LogP contribution in [0, 0.1) is 5.92 Å². The van der Waals surface area contributed by atoms with Crippen molar-refractivity contribution in [1.29, 1.82) is 0 Å².